The molecule has 0 saturated heterocycles. The fourth-order valence-electron chi connectivity index (χ4n) is 1.54. The van der Waals surface area contributed by atoms with E-state index in [0.29, 0.717) is 11.9 Å². The fourth-order valence-corrected chi connectivity index (χ4v) is 2.32. The van der Waals surface area contributed by atoms with Crippen LogP contribution in [0.1, 0.15) is 32.3 Å². The maximum absolute atomic E-state index is 5.92. The summed E-state index contributed by atoms with van der Waals surface area (Å²) in [4.78, 5) is 6.52. The third kappa shape index (κ3) is 3.52. The highest BCUT2D eigenvalue weighted by molar-refractivity contribution is 7.07. The monoisotopic (exact) mass is 239 g/mol. The zero-order chi connectivity index (χ0) is 12.0. The first-order valence-corrected chi connectivity index (χ1v) is 6.70. The van der Waals surface area contributed by atoms with Crippen LogP contribution in [0.2, 0.25) is 0 Å². The van der Waals surface area contributed by atoms with Gasteiger partial charge in [-0.2, -0.15) is 11.3 Å². The molecule has 1 aromatic rings. The van der Waals surface area contributed by atoms with Gasteiger partial charge >= 0.3 is 0 Å². The predicted molar refractivity (Wildman–Crippen MR) is 72.1 cm³/mol. The van der Waals surface area contributed by atoms with Gasteiger partial charge in [-0.3, -0.25) is 4.99 Å². The molecule has 1 atom stereocenters. The standard InChI is InChI=1S/C12H21N3S/c1-4-15(5-2)12(13)14-8-10(3)11-6-7-16-9-11/h6-7,9-10H,4-5,8H2,1-3H3,(H2,13,14). The number of nitrogens with zero attached hydrogens (tertiary/aromatic N) is 2. The van der Waals surface area contributed by atoms with Gasteiger partial charge in [0.15, 0.2) is 5.96 Å². The van der Waals surface area contributed by atoms with Crippen molar-refractivity contribution in [2.75, 3.05) is 19.6 Å². The lowest BCUT2D eigenvalue weighted by Gasteiger charge is -2.19. The molecule has 4 heteroatoms. The first kappa shape index (κ1) is 13.0. The van der Waals surface area contributed by atoms with Gasteiger partial charge in [-0.1, -0.05) is 6.92 Å². The third-order valence-corrected chi connectivity index (χ3v) is 3.43. The molecule has 3 nitrogen and oxygen atoms in total. The van der Waals surface area contributed by atoms with Gasteiger partial charge in [0.2, 0.25) is 0 Å². The second kappa shape index (κ2) is 6.53. The molecule has 16 heavy (non-hydrogen) atoms. The predicted octanol–water partition coefficient (Wildman–Crippen LogP) is 2.51. The van der Waals surface area contributed by atoms with Crippen molar-refractivity contribution >= 4 is 17.3 Å². The summed E-state index contributed by atoms with van der Waals surface area (Å²) in [5.41, 5.74) is 7.27. The average molecular weight is 239 g/mol. The van der Waals surface area contributed by atoms with Crippen LogP contribution in [-0.2, 0) is 0 Å². The van der Waals surface area contributed by atoms with E-state index in [9.17, 15) is 0 Å². The van der Waals surface area contributed by atoms with Crippen molar-refractivity contribution < 1.29 is 0 Å². The molecule has 0 amide bonds. The minimum absolute atomic E-state index is 0.445. The summed E-state index contributed by atoms with van der Waals surface area (Å²) in [6, 6.07) is 2.15. The molecule has 0 saturated carbocycles. The van der Waals surface area contributed by atoms with Crippen molar-refractivity contribution in [1.82, 2.24) is 4.90 Å². The highest BCUT2D eigenvalue weighted by atomic mass is 32.1. The molecular formula is C12H21N3S. The van der Waals surface area contributed by atoms with Gasteiger partial charge in [-0.05, 0) is 36.2 Å². The highest BCUT2D eigenvalue weighted by Gasteiger charge is 2.06. The zero-order valence-corrected chi connectivity index (χ0v) is 11.1. The average Bonchev–Trinajstić information content (AvgIpc) is 2.81. The van der Waals surface area contributed by atoms with Crippen molar-refractivity contribution in [3.63, 3.8) is 0 Å². The van der Waals surface area contributed by atoms with E-state index in [1.54, 1.807) is 11.3 Å². The van der Waals surface area contributed by atoms with E-state index in [1.807, 2.05) is 0 Å². The Morgan fingerprint density at radius 2 is 2.19 bits per heavy atom. The number of nitrogens with two attached hydrogens (primary N) is 1. The summed E-state index contributed by atoms with van der Waals surface area (Å²) in [5.74, 6) is 1.10. The smallest absolute Gasteiger partial charge is 0.191 e. The van der Waals surface area contributed by atoms with Crippen molar-refractivity contribution in [1.29, 1.82) is 0 Å². The Bertz CT molecular complexity index is 315. The number of rotatable bonds is 5. The summed E-state index contributed by atoms with van der Waals surface area (Å²) in [6.07, 6.45) is 0. The lowest BCUT2D eigenvalue weighted by Crippen LogP contribution is -2.37. The van der Waals surface area contributed by atoms with Gasteiger partial charge in [0, 0.05) is 25.6 Å². The van der Waals surface area contributed by atoms with Crippen LogP contribution < -0.4 is 5.73 Å². The molecule has 0 aromatic carbocycles. The minimum atomic E-state index is 0.445. The topological polar surface area (TPSA) is 41.6 Å². The number of thiophene rings is 1. The highest BCUT2D eigenvalue weighted by Crippen LogP contribution is 2.18. The molecule has 1 unspecified atom stereocenters. The van der Waals surface area contributed by atoms with Crippen LogP contribution in [0.5, 0.6) is 0 Å². The Morgan fingerprint density at radius 1 is 1.50 bits per heavy atom. The summed E-state index contributed by atoms with van der Waals surface area (Å²) < 4.78 is 0. The van der Waals surface area contributed by atoms with Gasteiger partial charge in [0.25, 0.3) is 0 Å². The van der Waals surface area contributed by atoms with Crippen LogP contribution in [0, 0.1) is 0 Å². The van der Waals surface area contributed by atoms with E-state index < -0.39 is 0 Å². The molecule has 0 fully saturated rings. The van der Waals surface area contributed by atoms with Crippen LogP contribution >= 0.6 is 11.3 Å². The van der Waals surface area contributed by atoms with Crippen LogP contribution in [-0.4, -0.2) is 30.5 Å². The van der Waals surface area contributed by atoms with Crippen molar-refractivity contribution in [3.8, 4) is 0 Å². The number of hydrogen-bond acceptors (Lipinski definition) is 2. The summed E-state index contributed by atoms with van der Waals surface area (Å²) in [7, 11) is 0. The van der Waals surface area contributed by atoms with E-state index in [0.717, 1.165) is 19.6 Å². The Balaban J connectivity index is 2.52. The molecule has 2 N–H and O–H groups in total. The molecule has 0 spiro atoms. The largest absolute Gasteiger partial charge is 0.370 e. The van der Waals surface area contributed by atoms with Crippen molar-refractivity contribution in [2.45, 2.75) is 26.7 Å². The normalized spacial score (nSPS) is 13.8. The van der Waals surface area contributed by atoms with Crippen LogP contribution in [0.4, 0.5) is 0 Å². The number of aliphatic imine (C=N–C) groups is 1. The first-order chi connectivity index (χ1) is 7.69. The quantitative estimate of drug-likeness (QED) is 0.633. The van der Waals surface area contributed by atoms with E-state index in [2.05, 4.69) is 47.5 Å². The van der Waals surface area contributed by atoms with Crippen LogP contribution in [0.25, 0.3) is 0 Å². The Hall–Kier alpha value is -1.03. The van der Waals surface area contributed by atoms with E-state index in [-0.39, 0.29) is 0 Å². The number of hydrogen-bond donors (Lipinski definition) is 1. The Labute approximate surface area is 102 Å². The van der Waals surface area contributed by atoms with Gasteiger partial charge in [-0.15, -0.1) is 0 Å². The molecule has 1 heterocycles. The molecule has 1 rings (SSSR count). The first-order valence-electron chi connectivity index (χ1n) is 5.76. The van der Waals surface area contributed by atoms with Crippen LogP contribution in [0.3, 0.4) is 0 Å². The van der Waals surface area contributed by atoms with E-state index in [1.165, 1.54) is 5.56 Å². The fraction of sp³-hybridized carbons (Fsp3) is 0.583. The second-order valence-corrected chi connectivity index (χ2v) is 4.61. The van der Waals surface area contributed by atoms with Gasteiger partial charge in [0.05, 0.1) is 0 Å². The number of guanidine groups is 1. The summed E-state index contributed by atoms with van der Waals surface area (Å²) in [6.45, 7) is 8.96. The van der Waals surface area contributed by atoms with Gasteiger partial charge < -0.3 is 10.6 Å². The zero-order valence-electron chi connectivity index (χ0n) is 10.3. The molecule has 90 valence electrons. The molecule has 0 bridgehead atoms. The maximum Gasteiger partial charge on any atom is 0.191 e. The van der Waals surface area contributed by atoms with Gasteiger partial charge in [0.1, 0.15) is 0 Å². The third-order valence-electron chi connectivity index (χ3n) is 2.73. The molecule has 0 aliphatic carbocycles. The lowest BCUT2D eigenvalue weighted by atomic mass is 10.1. The van der Waals surface area contributed by atoms with Crippen molar-refractivity contribution in [2.24, 2.45) is 10.7 Å². The summed E-state index contributed by atoms with van der Waals surface area (Å²) >= 11 is 1.73. The molecule has 1 aromatic heterocycles. The minimum Gasteiger partial charge on any atom is -0.370 e. The molecule has 0 aliphatic rings. The molecular weight excluding hydrogens is 218 g/mol. The van der Waals surface area contributed by atoms with Crippen LogP contribution in [0.15, 0.2) is 21.8 Å². The van der Waals surface area contributed by atoms with E-state index >= 15 is 0 Å². The van der Waals surface area contributed by atoms with E-state index in [4.69, 9.17) is 5.73 Å². The maximum atomic E-state index is 5.92. The molecule has 0 radical (unpaired) electrons. The lowest BCUT2D eigenvalue weighted by molar-refractivity contribution is 0.457. The Kier molecular flexibility index (Phi) is 5.32. The van der Waals surface area contributed by atoms with Crippen molar-refractivity contribution in [3.05, 3.63) is 22.4 Å². The second-order valence-electron chi connectivity index (χ2n) is 3.83. The molecule has 0 aliphatic heterocycles. The van der Waals surface area contributed by atoms with Gasteiger partial charge in [-0.25, -0.2) is 0 Å². The SMILES string of the molecule is CCN(CC)C(N)=NCC(C)c1ccsc1. The Morgan fingerprint density at radius 3 is 2.69 bits per heavy atom. The summed E-state index contributed by atoms with van der Waals surface area (Å²) in [5, 5.41) is 4.27.